The zero-order valence-electron chi connectivity index (χ0n) is 14.7. The summed E-state index contributed by atoms with van der Waals surface area (Å²) in [6.07, 6.45) is 1.98. The second kappa shape index (κ2) is 6.52. The van der Waals surface area contributed by atoms with E-state index in [9.17, 15) is 14.0 Å². The molecule has 1 aliphatic heterocycles. The molecule has 3 nitrogen and oxygen atoms in total. The first-order valence-corrected chi connectivity index (χ1v) is 8.97. The lowest BCUT2D eigenvalue weighted by Gasteiger charge is -2.38. The minimum atomic E-state index is -0.444. The number of Topliss-reactive ketones (excluding diaryl/α,β-unsaturated/α-hetero) is 1. The van der Waals surface area contributed by atoms with Gasteiger partial charge in [-0.2, -0.15) is 0 Å². The Balaban J connectivity index is 1.91. The van der Waals surface area contributed by atoms with Gasteiger partial charge in [-0.15, -0.1) is 0 Å². The molecule has 0 saturated carbocycles. The fourth-order valence-electron chi connectivity index (χ4n) is 4.15. The summed E-state index contributed by atoms with van der Waals surface area (Å²) in [6, 6.07) is 14.1. The first-order chi connectivity index (χ1) is 12.6. The average molecular weight is 349 g/mol. The zero-order chi connectivity index (χ0) is 18.3. The van der Waals surface area contributed by atoms with Crippen molar-refractivity contribution < 1.29 is 14.0 Å². The number of ketones is 1. The third kappa shape index (κ3) is 2.66. The molecule has 0 N–H and O–H groups in total. The van der Waals surface area contributed by atoms with Crippen LogP contribution in [0.1, 0.15) is 42.7 Å². The second-order valence-electron chi connectivity index (χ2n) is 6.93. The van der Waals surface area contributed by atoms with Crippen molar-refractivity contribution in [2.75, 3.05) is 4.90 Å². The number of halogens is 1. The normalized spacial score (nSPS) is 20.4. The van der Waals surface area contributed by atoms with Crippen LogP contribution in [0.25, 0.3) is 0 Å². The summed E-state index contributed by atoms with van der Waals surface area (Å²) in [5.74, 6) is -0.764. The molecule has 1 unspecified atom stereocenters. The van der Waals surface area contributed by atoms with Gasteiger partial charge in [-0.1, -0.05) is 36.4 Å². The van der Waals surface area contributed by atoms with E-state index in [-0.39, 0.29) is 29.7 Å². The summed E-state index contributed by atoms with van der Waals surface area (Å²) in [6.45, 7) is 2.00. The summed E-state index contributed by atoms with van der Waals surface area (Å²) in [4.78, 5) is 27.3. The van der Waals surface area contributed by atoms with Gasteiger partial charge in [0.05, 0.1) is 5.69 Å². The number of amides is 1. The van der Waals surface area contributed by atoms with Crippen LogP contribution < -0.4 is 4.90 Å². The van der Waals surface area contributed by atoms with Crippen molar-refractivity contribution in [3.8, 4) is 0 Å². The van der Waals surface area contributed by atoms with Crippen LogP contribution in [0, 0.1) is 12.7 Å². The number of rotatable bonds is 2. The second-order valence-corrected chi connectivity index (χ2v) is 6.93. The first kappa shape index (κ1) is 16.7. The van der Waals surface area contributed by atoms with E-state index in [2.05, 4.69) is 0 Å². The maximum Gasteiger partial charge on any atom is 0.232 e. The van der Waals surface area contributed by atoms with Crippen molar-refractivity contribution in [2.24, 2.45) is 0 Å². The van der Waals surface area contributed by atoms with Gasteiger partial charge < -0.3 is 0 Å². The third-order valence-electron chi connectivity index (χ3n) is 5.33. The number of carbonyl (C=O) groups excluding carboxylic acids is 2. The van der Waals surface area contributed by atoms with E-state index in [0.29, 0.717) is 30.5 Å². The summed E-state index contributed by atoms with van der Waals surface area (Å²) < 4.78 is 14.4. The van der Waals surface area contributed by atoms with E-state index < -0.39 is 5.82 Å². The van der Waals surface area contributed by atoms with Crippen molar-refractivity contribution in [3.63, 3.8) is 0 Å². The largest absolute Gasteiger partial charge is 0.294 e. The molecule has 1 heterocycles. The van der Waals surface area contributed by atoms with Crippen LogP contribution >= 0.6 is 0 Å². The topological polar surface area (TPSA) is 37.4 Å². The standard InChI is InChI=1S/C22H20FNO2/c1-14-7-2-3-8-15(14)16-13-21(26)24(18-10-5-4-9-17(18)23)19-11-6-12-20(25)22(16)19/h2-5,7-10,16H,6,11-13H2,1H3. The van der Waals surface area contributed by atoms with Crippen LogP contribution in [-0.2, 0) is 9.59 Å². The number of carbonyl (C=O) groups is 2. The van der Waals surface area contributed by atoms with E-state index in [0.717, 1.165) is 11.1 Å². The highest BCUT2D eigenvalue weighted by Gasteiger charge is 2.40. The number of aryl methyl sites for hydroxylation is 1. The van der Waals surface area contributed by atoms with Crippen molar-refractivity contribution in [1.82, 2.24) is 0 Å². The number of hydrogen-bond acceptors (Lipinski definition) is 2. The number of allylic oxidation sites excluding steroid dienone is 2. The Morgan fingerprint density at radius 2 is 1.73 bits per heavy atom. The van der Waals surface area contributed by atoms with Crippen LogP contribution in [0.2, 0.25) is 0 Å². The number of nitrogens with zero attached hydrogens (tertiary/aromatic N) is 1. The minimum absolute atomic E-state index is 0.0772. The molecule has 0 fully saturated rings. The lowest BCUT2D eigenvalue weighted by molar-refractivity contribution is -0.120. The van der Waals surface area contributed by atoms with Gasteiger partial charge in [0.2, 0.25) is 5.91 Å². The van der Waals surface area contributed by atoms with Crippen molar-refractivity contribution in [3.05, 3.63) is 76.7 Å². The molecule has 132 valence electrons. The Hall–Kier alpha value is -2.75. The SMILES string of the molecule is Cc1ccccc1C1CC(=O)N(c2ccccc2F)C2=C1C(=O)CCC2. The molecule has 2 aromatic rings. The van der Waals surface area contributed by atoms with Crippen LogP contribution in [0.3, 0.4) is 0 Å². The molecule has 0 spiro atoms. The maximum absolute atomic E-state index is 14.4. The van der Waals surface area contributed by atoms with E-state index in [4.69, 9.17) is 0 Å². The van der Waals surface area contributed by atoms with Gasteiger partial charge in [-0.25, -0.2) is 4.39 Å². The van der Waals surface area contributed by atoms with Gasteiger partial charge in [0, 0.05) is 30.0 Å². The van der Waals surface area contributed by atoms with Crippen molar-refractivity contribution >= 4 is 17.4 Å². The van der Waals surface area contributed by atoms with Crippen molar-refractivity contribution in [2.45, 2.75) is 38.5 Å². The molecule has 2 aliphatic rings. The molecule has 0 radical (unpaired) electrons. The first-order valence-electron chi connectivity index (χ1n) is 8.97. The summed E-state index contributed by atoms with van der Waals surface area (Å²) in [5.41, 5.74) is 3.68. The van der Waals surface area contributed by atoms with Gasteiger partial charge in [-0.05, 0) is 43.0 Å². The Morgan fingerprint density at radius 1 is 1.00 bits per heavy atom. The van der Waals surface area contributed by atoms with E-state index in [1.165, 1.54) is 11.0 Å². The fraction of sp³-hybridized carbons (Fsp3) is 0.273. The van der Waals surface area contributed by atoms with Crippen molar-refractivity contribution in [1.29, 1.82) is 0 Å². The Kier molecular flexibility index (Phi) is 4.19. The molecular weight excluding hydrogens is 329 g/mol. The Morgan fingerprint density at radius 3 is 2.50 bits per heavy atom. The monoisotopic (exact) mass is 349 g/mol. The fourth-order valence-corrected chi connectivity index (χ4v) is 4.15. The molecule has 0 aromatic heterocycles. The Labute approximate surface area is 152 Å². The van der Waals surface area contributed by atoms with Gasteiger partial charge in [-0.3, -0.25) is 14.5 Å². The summed E-state index contributed by atoms with van der Waals surface area (Å²) >= 11 is 0. The van der Waals surface area contributed by atoms with Gasteiger partial charge >= 0.3 is 0 Å². The third-order valence-corrected chi connectivity index (χ3v) is 5.33. The lowest BCUT2D eigenvalue weighted by Crippen LogP contribution is -2.41. The van der Waals surface area contributed by atoms with Crippen LogP contribution in [0.5, 0.6) is 0 Å². The number of para-hydroxylation sites is 1. The molecular formula is C22H20FNO2. The molecule has 4 rings (SSSR count). The zero-order valence-corrected chi connectivity index (χ0v) is 14.7. The quantitative estimate of drug-likeness (QED) is 0.791. The highest BCUT2D eigenvalue weighted by atomic mass is 19.1. The number of benzene rings is 2. The Bertz CT molecular complexity index is 931. The van der Waals surface area contributed by atoms with Crippen LogP contribution in [0.4, 0.5) is 10.1 Å². The van der Waals surface area contributed by atoms with Gasteiger partial charge in [0.15, 0.2) is 5.78 Å². The van der Waals surface area contributed by atoms with Gasteiger partial charge in [0.25, 0.3) is 0 Å². The van der Waals surface area contributed by atoms with E-state index in [1.807, 2.05) is 31.2 Å². The maximum atomic E-state index is 14.4. The summed E-state index contributed by atoms with van der Waals surface area (Å²) in [5, 5.41) is 0. The van der Waals surface area contributed by atoms with E-state index in [1.54, 1.807) is 18.2 Å². The number of anilines is 1. The summed E-state index contributed by atoms with van der Waals surface area (Å²) in [7, 11) is 0. The molecule has 0 bridgehead atoms. The molecule has 0 saturated heterocycles. The molecule has 2 aromatic carbocycles. The lowest BCUT2D eigenvalue weighted by atomic mass is 9.76. The molecule has 1 aliphatic carbocycles. The van der Waals surface area contributed by atoms with Crippen LogP contribution in [-0.4, -0.2) is 11.7 Å². The highest BCUT2D eigenvalue weighted by molar-refractivity contribution is 6.07. The molecule has 26 heavy (non-hydrogen) atoms. The molecule has 1 atom stereocenters. The predicted molar refractivity (Wildman–Crippen MR) is 98.3 cm³/mol. The minimum Gasteiger partial charge on any atom is -0.294 e. The highest BCUT2D eigenvalue weighted by Crippen LogP contribution is 2.44. The smallest absolute Gasteiger partial charge is 0.232 e. The molecule has 4 heteroatoms. The predicted octanol–water partition coefficient (Wildman–Crippen LogP) is 4.66. The molecule has 1 amide bonds. The average Bonchev–Trinajstić information content (AvgIpc) is 2.63. The van der Waals surface area contributed by atoms with Crippen LogP contribution in [0.15, 0.2) is 59.8 Å². The van der Waals surface area contributed by atoms with Gasteiger partial charge in [0.1, 0.15) is 5.82 Å². The number of hydrogen-bond donors (Lipinski definition) is 0. The van der Waals surface area contributed by atoms with E-state index >= 15 is 0 Å².